The molecule has 21 heavy (non-hydrogen) atoms. The van der Waals surface area contributed by atoms with Crippen LogP contribution in [0.3, 0.4) is 0 Å². The molecular formula is C18H13IN2. The molecular weight excluding hydrogens is 371 g/mol. The smallest absolute Gasteiger partial charge is 0.133 e. The molecule has 0 unspecified atom stereocenters. The fraction of sp³-hybridized carbons (Fsp3) is 0.0556. The highest BCUT2D eigenvalue weighted by atomic mass is 127. The topological polar surface area (TPSA) is 24.4 Å². The monoisotopic (exact) mass is 384 g/mol. The minimum absolute atomic E-state index is 0.699. The van der Waals surface area contributed by atoms with Crippen molar-refractivity contribution in [2.75, 3.05) is 5.32 Å². The van der Waals surface area contributed by atoms with Crippen LogP contribution in [0.5, 0.6) is 0 Å². The first-order valence-electron chi connectivity index (χ1n) is 6.90. The average Bonchev–Trinajstić information content (AvgIpc) is 2.90. The van der Waals surface area contributed by atoms with Crippen molar-refractivity contribution in [1.82, 2.24) is 0 Å². The normalized spacial score (nSPS) is 14.6. The fourth-order valence-corrected chi connectivity index (χ4v) is 3.38. The lowest BCUT2D eigenvalue weighted by molar-refractivity contribution is 1.07. The lowest BCUT2D eigenvalue weighted by atomic mass is 10.1. The molecule has 0 fully saturated rings. The van der Waals surface area contributed by atoms with E-state index in [-0.39, 0.29) is 0 Å². The summed E-state index contributed by atoms with van der Waals surface area (Å²) in [5.41, 5.74) is 3.59. The Morgan fingerprint density at radius 2 is 1.76 bits per heavy atom. The van der Waals surface area contributed by atoms with Crippen molar-refractivity contribution in [3.63, 3.8) is 0 Å². The molecule has 4 rings (SSSR count). The summed E-state index contributed by atoms with van der Waals surface area (Å²) in [6.07, 6.45) is 0. The van der Waals surface area contributed by atoms with E-state index in [9.17, 15) is 0 Å². The minimum Gasteiger partial charge on any atom is -0.339 e. The van der Waals surface area contributed by atoms with Crippen molar-refractivity contribution in [2.24, 2.45) is 4.99 Å². The second-order valence-electron chi connectivity index (χ2n) is 5.10. The largest absolute Gasteiger partial charge is 0.339 e. The first kappa shape index (κ1) is 12.8. The number of hydrogen-bond donors (Lipinski definition) is 1. The van der Waals surface area contributed by atoms with E-state index in [0.717, 1.165) is 11.5 Å². The summed E-state index contributed by atoms with van der Waals surface area (Å²) in [6, 6.07) is 21.1. The molecule has 0 saturated heterocycles. The molecule has 102 valence electrons. The van der Waals surface area contributed by atoms with Crippen LogP contribution >= 0.6 is 22.6 Å². The molecule has 0 aromatic heterocycles. The van der Waals surface area contributed by atoms with Gasteiger partial charge < -0.3 is 5.32 Å². The number of hydrogen-bond acceptors (Lipinski definition) is 1. The SMILES string of the molecule is Ic1ccc2c3c(cccc13)C(=NCc1ccccc1)N2. The van der Waals surface area contributed by atoms with Gasteiger partial charge in [-0.25, -0.2) is 0 Å². The molecule has 1 aliphatic rings. The van der Waals surface area contributed by atoms with Gasteiger partial charge in [-0.15, -0.1) is 0 Å². The molecule has 0 atom stereocenters. The molecule has 1 aliphatic heterocycles. The van der Waals surface area contributed by atoms with Gasteiger partial charge in [0.2, 0.25) is 0 Å². The Morgan fingerprint density at radius 1 is 0.905 bits per heavy atom. The van der Waals surface area contributed by atoms with Crippen LogP contribution in [-0.2, 0) is 6.54 Å². The van der Waals surface area contributed by atoms with Crippen LogP contribution < -0.4 is 5.32 Å². The summed E-state index contributed by atoms with van der Waals surface area (Å²) in [7, 11) is 0. The van der Waals surface area contributed by atoms with E-state index in [4.69, 9.17) is 4.99 Å². The van der Waals surface area contributed by atoms with Crippen LogP contribution in [0.1, 0.15) is 11.1 Å². The Kier molecular flexibility index (Phi) is 3.15. The molecule has 3 aromatic carbocycles. The molecule has 1 N–H and O–H groups in total. The van der Waals surface area contributed by atoms with Gasteiger partial charge in [-0.2, -0.15) is 0 Å². The molecule has 0 saturated carbocycles. The molecule has 2 nitrogen and oxygen atoms in total. The van der Waals surface area contributed by atoms with Crippen LogP contribution in [0.25, 0.3) is 10.8 Å². The van der Waals surface area contributed by atoms with Crippen molar-refractivity contribution in [3.05, 3.63) is 75.4 Å². The third-order valence-corrected chi connectivity index (χ3v) is 4.70. The van der Waals surface area contributed by atoms with Crippen molar-refractivity contribution in [1.29, 1.82) is 0 Å². The summed E-state index contributed by atoms with van der Waals surface area (Å²) in [5, 5.41) is 6.03. The molecule has 3 aromatic rings. The number of nitrogens with zero attached hydrogens (tertiary/aromatic N) is 1. The van der Waals surface area contributed by atoms with Crippen LogP contribution in [0.2, 0.25) is 0 Å². The number of aliphatic imine (C=N–C) groups is 1. The predicted octanol–water partition coefficient (Wildman–Crippen LogP) is 4.82. The van der Waals surface area contributed by atoms with Crippen LogP contribution in [0, 0.1) is 3.57 Å². The maximum absolute atomic E-state index is 4.77. The maximum atomic E-state index is 4.77. The van der Waals surface area contributed by atoms with Gasteiger partial charge >= 0.3 is 0 Å². The van der Waals surface area contributed by atoms with E-state index in [1.165, 1.54) is 25.5 Å². The average molecular weight is 384 g/mol. The maximum Gasteiger partial charge on any atom is 0.133 e. The standard InChI is InChI=1S/C18H13IN2/c19-15-9-10-16-17-13(15)7-4-8-14(17)18(21-16)20-11-12-5-2-1-3-6-12/h1-10H,11H2,(H,20,21). The summed E-state index contributed by atoms with van der Waals surface area (Å²) in [6.45, 7) is 0.699. The molecule has 0 aliphatic carbocycles. The van der Waals surface area contributed by atoms with Gasteiger partial charge in [0.25, 0.3) is 0 Å². The zero-order valence-corrected chi connectivity index (χ0v) is 13.5. The van der Waals surface area contributed by atoms with Gasteiger partial charge in [-0.05, 0) is 45.7 Å². The Bertz CT molecular complexity index is 854. The molecule has 0 bridgehead atoms. The molecule has 3 heteroatoms. The quantitative estimate of drug-likeness (QED) is 0.630. The summed E-state index contributed by atoms with van der Waals surface area (Å²) >= 11 is 2.39. The summed E-state index contributed by atoms with van der Waals surface area (Å²) < 4.78 is 1.28. The van der Waals surface area contributed by atoms with Crippen molar-refractivity contribution < 1.29 is 0 Å². The van der Waals surface area contributed by atoms with E-state index < -0.39 is 0 Å². The second kappa shape index (κ2) is 5.15. The molecule has 0 amide bonds. The first-order chi connectivity index (χ1) is 10.3. The number of benzene rings is 3. The molecule has 0 radical (unpaired) electrons. The lowest BCUT2D eigenvalue weighted by Crippen LogP contribution is -2.07. The van der Waals surface area contributed by atoms with Gasteiger partial charge in [0.15, 0.2) is 0 Å². The zero-order chi connectivity index (χ0) is 14.2. The van der Waals surface area contributed by atoms with Gasteiger partial charge in [0.05, 0.1) is 6.54 Å². The first-order valence-corrected chi connectivity index (χ1v) is 7.98. The molecule has 0 spiro atoms. The summed E-state index contributed by atoms with van der Waals surface area (Å²) in [4.78, 5) is 4.77. The number of anilines is 1. The Hall–Kier alpha value is -1.88. The summed E-state index contributed by atoms with van der Waals surface area (Å²) in [5.74, 6) is 0.974. The highest BCUT2D eigenvalue weighted by Gasteiger charge is 2.20. The van der Waals surface area contributed by atoms with E-state index in [0.29, 0.717) is 6.54 Å². The number of nitrogens with one attached hydrogen (secondary N) is 1. The highest BCUT2D eigenvalue weighted by molar-refractivity contribution is 14.1. The molecule has 1 heterocycles. The van der Waals surface area contributed by atoms with Crippen molar-refractivity contribution in [2.45, 2.75) is 6.54 Å². The minimum atomic E-state index is 0.699. The Labute approximate surface area is 137 Å². The lowest BCUT2D eigenvalue weighted by Gasteiger charge is -2.01. The van der Waals surface area contributed by atoms with E-state index in [1.54, 1.807) is 0 Å². The third-order valence-electron chi connectivity index (χ3n) is 3.76. The Morgan fingerprint density at radius 3 is 2.62 bits per heavy atom. The van der Waals surface area contributed by atoms with Crippen LogP contribution in [0.4, 0.5) is 5.69 Å². The van der Waals surface area contributed by atoms with Gasteiger partial charge in [-0.3, -0.25) is 4.99 Å². The van der Waals surface area contributed by atoms with Gasteiger partial charge in [0, 0.05) is 20.2 Å². The van der Waals surface area contributed by atoms with E-state index in [2.05, 4.69) is 82.5 Å². The predicted molar refractivity (Wildman–Crippen MR) is 97.0 cm³/mol. The zero-order valence-electron chi connectivity index (χ0n) is 11.3. The van der Waals surface area contributed by atoms with Crippen molar-refractivity contribution in [3.8, 4) is 0 Å². The van der Waals surface area contributed by atoms with E-state index >= 15 is 0 Å². The second-order valence-corrected chi connectivity index (χ2v) is 6.26. The van der Waals surface area contributed by atoms with Crippen LogP contribution in [0.15, 0.2) is 65.7 Å². The van der Waals surface area contributed by atoms with E-state index in [1.807, 2.05) is 6.07 Å². The van der Waals surface area contributed by atoms with Gasteiger partial charge in [0.1, 0.15) is 5.84 Å². The van der Waals surface area contributed by atoms with Crippen LogP contribution in [-0.4, -0.2) is 5.84 Å². The fourth-order valence-electron chi connectivity index (χ4n) is 2.75. The number of rotatable bonds is 2. The van der Waals surface area contributed by atoms with Gasteiger partial charge in [-0.1, -0.05) is 48.5 Å². The third kappa shape index (κ3) is 2.21. The Balaban J connectivity index is 1.78. The number of halogens is 1. The van der Waals surface area contributed by atoms with Crippen molar-refractivity contribution >= 4 is 44.9 Å². The number of amidine groups is 1. The highest BCUT2D eigenvalue weighted by Crippen LogP contribution is 2.35.